The quantitative estimate of drug-likeness (QED) is 0.801. The van der Waals surface area contributed by atoms with Crippen molar-refractivity contribution in [3.63, 3.8) is 0 Å². The summed E-state index contributed by atoms with van der Waals surface area (Å²) in [7, 11) is 1.75. The molecule has 1 N–H and O–H groups in total. The molecular weight excluding hydrogens is 232 g/mol. The van der Waals surface area contributed by atoms with Crippen molar-refractivity contribution < 1.29 is 4.84 Å². The minimum Gasteiger partial charge on any atom is -0.409 e. The Morgan fingerprint density at radius 3 is 3.06 bits per heavy atom. The molecule has 0 aliphatic rings. The van der Waals surface area contributed by atoms with Crippen LogP contribution in [0.25, 0.3) is 11.0 Å². The van der Waals surface area contributed by atoms with Crippen LogP contribution in [0.2, 0.25) is 0 Å². The first-order chi connectivity index (χ1) is 8.77. The molecule has 0 radical (unpaired) electrons. The van der Waals surface area contributed by atoms with E-state index < -0.39 is 0 Å². The first kappa shape index (κ1) is 12.3. The van der Waals surface area contributed by atoms with Gasteiger partial charge in [0.25, 0.3) is 5.56 Å². The summed E-state index contributed by atoms with van der Waals surface area (Å²) in [5.74, 6) is 0. The number of pyridine rings is 1. The number of nitrogens with zero attached hydrogens (tertiary/aromatic N) is 3. The molecule has 0 atom stereocenters. The summed E-state index contributed by atoms with van der Waals surface area (Å²) in [5, 5.41) is 3.72. The van der Waals surface area contributed by atoms with Crippen LogP contribution in [0.4, 0.5) is 5.69 Å². The molecule has 2 aromatic rings. The molecule has 2 aromatic heterocycles. The molecule has 6 heteroatoms. The lowest BCUT2D eigenvalue weighted by molar-refractivity contribution is 0.108. The molecule has 0 aliphatic heterocycles. The predicted octanol–water partition coefficient (Wildman–Crippen LogP) is 1.06. The molecule has 0 unspecified atom stereocenters. The number of nitrogens with one attached hydrogen (secondary N) is 1. The van der Waals surface area contributed by atoms with Crippen molar-refractivity contribution in [2.75, 3.05) is 19.0 Å². The Morgan fingerprint density at radius 2 is 2.33 bits per heavy atom. The standard InChI is InChI=1S/C12H16N4O2/c1-3-4-5-18-16-11(17)6-10(13-2)9-7-14-8-15-12(9)16/h6-8,13H,3-5H2,1-2H3. The van der Waals surface area contributed by atoms with Gasteiger partial charge >= 0.3 is 0 Å². The summed E-state index contributed by atoms with van der Waals surface area (Å²) in [6.07, 6.45) is 4.97. The average molecular weight is 248 g/mol. The van der Waals surface area contributed by atoms with E-state index in [4.69, 9.17) is 4.84 Å². The Kier molecular flexibility index (Phi) is 3.76. The van der Waals surface area contributed by atoms with Crippen LogP contribution in [0.1, 0.15) is 19.8 Å². The van der Waals surface area contributed by atoms with Crippen LogP contribution in [0.15, 0.2) is 23.4 Å². The van der Waals surface area contributed by atoms with Crippen molar-refractivity contribution in [3.05, 3.63) is 28.9 Å². The highest BCUT2D eigenvalue weighted by Gasteiger charge is 2.09. The fourth-order valence-corrected chi connectivity index (χ4v) is 1.67. The second-order valence-corrected chi connectivity index (χ2v) is 3.89. The Morgan fingerprint density at radius 1 is 1.50 bits per heavy atom. The summed E-state index contributed by atoms with van der Waals surface area (Å²) in [4.78, 5) is 25.5. The van der Waals surface area contributed by atoms with Crippen LogP contribution in [0.5, 0.6) is 0 Å². The van der Waals surface area contributed by atoms with Gasteiger partial charge in [0.15, 0.2) is 5.65 Å². The molecule has 0 fully saturated rings. The average Bonchev–Trinajstić information content (AvgIpc) is 2.41. The van der Waals surface area contributed by atoms with Gasteiger partial charge in [0.1, 0.15) is 12.9 Å². The van der Waals surface area contributed by atoms with E-state index in [0.717, 1.165) is 18.2 Å². The fourth-order valence-electron chi connectivity index (χ4n) is 1.67. The molecular formula is C12H16N4O2. The van der Waals surface area contributed by atoms with Gasteiger partial charge in [-0.3, -0.25) is 4.79 Å². The van der Waals surface area contributed by atoms with Gasteiger partial charge in [0.2, 0.25) is 0 Å². The largest absolute Gasteiger partial charge is 0.409 e. The summed E-state index contributed by atoms with van der Waals surface area (Å²) in [6.45, 7) is 2.56. The highest BCUT2D eigenvalue weighted by atomic mass is 16.7. The van der Waals surface area contributed by atoms with Crippen LogP contribution < -0.4 is 15.7 Å². The third-order valence-electron chi connectivity index (χ3n) is 2.63. The van der Waals surface area contributed by atoms with Crippen molar-refractivity contribution >= 4 is 16.7 Å². The smallest absolute Gasteiger partial charge is 0.287 e. The Hall–Kier alpha value is -2.11. The van der Waals surface area contributed by atoms with Gasteiger partial charge in [-0.2, -0.15) is 0 Å². The lowest BCUT2D eigenvalue weighted by Gasteiger charge is -2.12. The van der Waals surface area contributed by atoms with Gasteiger partial charge in [-0.15, -0.1) is 4.73 Å². The SMILES string of the molecule is CCCCOn1c(=O)cc(NC)c2cncnc21. The second kappa shape index (κ2) is 5.48. The van der Waals surface area contributed by atoms with Crippen LogP contribution in [0.3, 0.4) is 0 Å². The van der Waals surface area contributed by atoms with E-state index in [2.05, 4.69) is 22.2 Å². The van der Waals surface area contributed by atoms with Crippen LogP contribution in [-0.2, 0) is 0 Å². The van der Waals surface area contributed by atoms with Gasteiger partial charge in [-0.25, -0.2) is 9.97 Å². The van der Waals surface area contributed by atoms with E-state index in [0.29, 0.717) is 17.9 Å². The Bertz CT molecular complexity index is 594. The number of unbranched alkanes of at least 4 members (excludes halogenated alkanes) is 1. The molecule has 96 valence electrons. The van der Waals surface area contributed by atoms with Gasteiger partial charge in [0.05, 0.1) is 11.1 Å². The molecule has 6 nitrogen and oxygen atoms in total. The molecule has 0 saturated carbocycles. The molecule has 0 bridgehead atoms. The first-order valence-corrected chi connectivity index (χ1v) is 5.94. The van der Waals surface area contributed by atoms with Crippen LogP contribution in [-0.4, -0.2) is 28.4 Å². The van der Waals surface area contributed by atoms with E-state index in [1.165, 1.54) is 17.1 Å². The fraction of sp³-hybridized carbons (Fsp3) is 0.417. The summed E-state index contributed by atoms with van der Waals surface area (Å²) >= 11 is 0. The first-order valence-electron chi connectivity index (χ1n) is 5.94. The molecule has 0 aliphatic carbocycles. The number of aromatic nitrogens is 3. The third kappa shape index (κ3) is 2.27. The Labute approximate surface area is 105 Å². The molecule has 2 rings (SSSR count). The molecule has 18 heavy (non-hydrogen) atoms. The topological polar surface area (TPSA) is 69.0 Å². The monoisotopic (exact) mass is 248 g/mol. The van der Waals surface area contributed by atoms with Crippen LogP contribution >= 0.6 is 0 Å². The van der Waals surface area contributed by atoms with E-state index in [-0.39, 0.29) is 5.56 Å². The maximum Gasteiger partial charge on any atom is 0.287 e. The molecule has 0 amide bonds. The Balaban J connectivity index is 2.52. The zero-order chi connectivity index (χ0) is 13.0. The predicted molar refractivity (Wildman–Crippen MR) is 69.7 cm³/mol. The van der Waals surface area contributed by atoms with E-state index >= 15 is 0 Å². The van der Waals surface area contributed by atoms with Crippen molar-refractivity contribution in [3.8, 4) is 0 Å². The van der Waals surface area contributed by atoms with Gasteiger partial charge in [0, 0.05) is 19.3 Å². The van der Waals surface area contributed by atoms with E-state index in [1.807, 2.05) is 0 Å². The van der Waals surface area contributed by atoms with Crippen molar-refractivity contribution in [2.24, 2.45) is 0 Å². The third-order valence-corrected chi connectivity index (χ3v) is 2.63. The van der Waals surface area contributed by atoms with Gasteiger partial charge in [-0.05, 0) is 6.42 Å². The molecule has 0 aromatic carbocycles. The normalized spacial score (nSPS) is 10.6. The lowest BCUT2D eigenvalue weighted by atomic mass is 10.3. The highest BCUT2D eigenvalue weighted by molar-refractivity contribution is 5.87. The molecule has 0 saturated heterocycles. The second-order valence-electron chi connectivity index (χ2n) is 3.89. The minimum absolute atomic E-state index is 0.235. The van der Waals surface area contributed by atoms with Gasteiger partial charge < -0.3 is 10.2 Å². The molecule has 0 spiro atoms. The van der Waals surface area contributed by atoms with Gasteiger partial charge in [-0.1, -0.05) is 13.3 Å². The highest BCUT2D eigenvalue weighted by Crippen LogP contribution is 2.17. The zero-order valence-corrected chi connectivity index (χ0v) is 10.5. The number of fused-ring (bicyclic) bond motifs is 1. The van der Waals surface area contributed by atoms with E-state index in [9.17, 15) is 4.79 Å². The number of rotatable bonds is 5. The minimum atomic E-state index is -0.235. The molecule has 2 heterocycles. The summed E-state index contributed by atoms with van der Waals surface area (Å²) < 4.78 is 1.23. The summed E-state index contributed by atoms with van der Waals surface area (Å²) in [5.41, 5.74) is 0.950. The number of hydrogen-bond acceptors (Lipinski definition) is 5. The lowest BCUT2D eigenvalue weighted by Crippen LogP contribution is -2.28. The maximum absolute atomic E-state index is 11.9. The van der Waals surface area contributed by atoms with Crippen molar-refractivity contribution in [1.82, 2.24) is 14.7 Å². The van der Waals surface area contributed by atoms with Crippen LogP contribution in [0, 0.1) is 0 Å². The van der Waals surface area contributed by atoms with E-state index in [1.54, 1.807) is 13.2 Å². The number of hydrogen-bond donors (Lipinski definition) is 1. The van der Waals surface area contributed by atoms with Crippen molar-refractivity contribution in [1.29, 1.82) is 0 Å². The van der Waals surface area contributed by atoms with Crippen molar-refractivity contribution in [2.45, 2.75) is 19.8 Å². The zero-order valence-electron chi connectivity index (χ0n) is 10.5. The summed E-state index contributed by atoms with van der Waals surface area (Å²) in [6, 6.07) is 1.48. The maximum atomic E-state index is 11.9. The number of anilines is 1.